The standard InChI is InChI=1S/C11H9Cl2IN2S/c1-2-3-6-9(14)10(13)16-11(15-6)7-4-5-8(12)17-7/h4-5H,2-3H2,1H3. The van der Waals surface area contributed by atoms with Crippen molar-refractivity contribution in [1.29, 1.82) is 0 Å². The molecule has 90 valence electrons. The number of aryl methyl sites for hydroxylation is 1. The lowest BCUT2D eigenvalue weighted by Crippen LogP contribution is -1.99. The van der Waals surface area contributed by atoms with Crippen molar-refractivity contribution in [3.8, 4) is 10.7 Å². The third kappa shape index (κ3) is 3.10. The zero-order chi connectivity index (χ0) is 12.4. The highest BCUT2D eigenvalue weighted by molar-refractivity contribution is 14.1. The van der Waals surface area contributed by atoms with Crippen molar-refractivity contribution in [3.63, 3.8) is 0 Å². The van der Waals surface area contributed by atoms with Gasteiger partial charge in [0.2, 0.25) is 0 Å². The Hall–Kier alpha value is 0.0900. The molecule has 0 atom stereocenters. The number of thiophene rings is 1. The van der Waals surface area contributed by atoms with Gasteiger partial charge in [0.15, 0.2) is 5.82 Å². The van der Waals surface area contributed by atoms with Crippen LogP contribution in [0.4, 0.5) is 0 Å². The zero-order valence-corrected chi connectivity index (χ0v) is 13.5. The van der Waals surface area contributed by atoms with Gasteiger partial charge in [0.05, 0.1) is 18.5 Å². The first-order chi connectivity index (χ1) is 8.11. The Morgan fingerprint density at radius 3 is 2.65 bits per heavy atom. The van der Waals surface area contributed by atoms with Gasteiger partial charge in [-0.05, 0) is 41.1 Å². The van der Waals surface area contributed by atoms with Crippen LogP contribution in [0.5, 0.6) is 0 Å². The number of nitrogens with zero attached hydrogens (tertiary/aromatic N) is 2. The summed E-state index contributed by atoms with van der Waals surface area (Å²) in [5.74, 6) is 0.663. The fourth-order valence-electron chi connectivity index (χ4n) is 1.41. The highest BCUT2D eigenvalue weighted by atomic mass is 127. The van der Waals surface area contributed by atoms with E-state index in [2.05, 4.69) is 39.5 Å². The molecular weight excluding hydrogens is 390 g/mol. The summed E-state index contributed by atoms with van der Waals surface area (Å²) in [6, 6.07) is 3.76. The van der Waals surface area contributed by atoms with Crippen molar-refractivity contribution in [2.24, 2.45) is 0 Å². The number of halogens is 3. The molecule has 2 heterocycles. The van der Waals surface area contributed by atoms with Crippen LogP contribution in [0.15, 0.2) is 12.1 Å². The molecule has 2 aromatic heterocycles. The first kappa shape index (κ1) is 13.5. The summed E-state index contributed by atoms with van der Waals surface area (Å²) >= 11 is 15.7. The van der Waals surface area contributed by atoms with Crippen LogP contribution in [0.25, 0.3) is 10.7 Å². The van der Waals surface area contributed by atoms with E-state index in [1.165, 1.54) is 11.3 Å². The monoisotopic (exact) mass is 398 g/mol. The first-order valence-corrected chi connectivity index (χ1v) is 7.74. The molecule has 0 fully saturated rings. The average Bonchev–Trinajstić information content (AvgIpc) is 2.71. The molecule has 0 saturated carbocycles. The second kappa shape index (κ2) is 5.82. The first-order valence-electron chi connectivity index (χ1n) is 5.09. The molecule has 0 aromatic carbocycles. The summed E-state index contributed by atoms with van der Waals surface area (Å²) in [4.78, 5) is 9.80. The molecule has 0 saturated heterocycles. The SMILES string of the molecule is CCCc1nc(-c2ccc(Cl)s2)nc(Cl)c1I. The minimum Gasteiger partial charge on any atom is -0.231 e. The quantitative estimate of drug-likeness (QED) is 0.532. The van der Waals surface area contributed by atoms with E-state index in [0.717, 1.165) is 31.3 Å². The van der Waals surface area contributed by atoms with Crippen molar-refractivity contribution < 1.29 is 0 Å². The van der Waals surface area contributed by atoms with Crippen LogP contribution in [0, 0.1) is 3.57 Å². The van der Waals surface area contributed by atoms with Crippen LogP contribution in [0.2, 0.25) is 9.49 Å². The van der Waals surface area contributed by atoms with Gasteiger partial charge in [-0.15, -0.1) is 11.3 Å². The van der Waals surface area contributed by atoms with Crippen molar-refractivity contribution >= 4 is 57.1 Å². The fraction of sp³-hybridized carbons (Fsp3) is 0.273. The molecule has 0 radical (unpaired) electrons. The molecule has 0 aliphatic carbocycles. The van der Waals surface area contributed by atoms with Gasteiger partial charge in [-0.2, -0.15) is 0 Å². The Bertz CT molecular complexity index is 542. The van der Waals surface area contributed by atoms with E-state index in [9.17, 15) is 0 Å². The second-order valence-electron chi connectivity index (χ2n) is 3.45. The molecule has 0 spiro atoms. The molecule has 0 bridgehead atoms. The predicted molar refractivity (Wildman–Crippen MR) is 82.1 cm³/mol. The lowest BCUT2D eigenvalue weighted by atomic mass is 10.2. The maximum absolute atomic E-state index is 6.12. The summed E-state index contributed by atoms with van der Waals surface area (Å²) in [5, 5.41) is 0.517. The van der Waals surface area contributed by atoms with Gasteiger partial charge in [0, 0.05) is 0 Å². The normalized spacial score (nSPS) is 10.8. The van der Waals surface area contributed by atoms with Crippen LogP contribution in [-0.4, -0.2) is 9.97 Å². The molecule has 17 heavy (non-hydrogen) atoms. The summed E-state index contributed by atoms with van der Waals surface area (Å²) in [6.07, 6.45) is 1.95. The highest BCUT2D eigenvalue weighted by Gasteiger charge is 2.12. The van der Waals surface area contributed by atoms with Crippen molar-refractivity contribution in [3.05, 3.63) is 30.9 Å². The van der Waals surface area contributed by atoms with Crippen LogP contribution in [0.1, 0.15) is 19.0 Å². The number of aromatic nitrogens is 2. The van der Waals surface area contributed by atoms with Gasteiger partial charge in [-0.3, -0.25) is 0 Å². The maximum atomic E-state index is 6.12. The van der Waals surface area contributed by atoms with Gasteiger partial charge in [0.1, 0.15) is 5.15 Å². The Morgan fingerprint density at radius 1 is 1.29 bits per heavy atom. The van der Waals surface area contributed by atoms with Gasteiger partial charge in [0.25, 0.3) is 0 Å². The van der Waals surface area contributed by atoms with Gasteiger partial charge in [-0.1, -0.05) is 36.5 Å². The van der Waals surface area contributed by atoms with Crippen LogP contribution in [-0.2, 0) is 6.42 Å². The predicted octanol–water partition coefficient (Wildman–Crippen LogP) is 5.07. The lowest BCUT2D eigenvalue weighted by Gasteiger charge is -2.06. The molecule has 0 amide bonds. The van der Waals surface area contributed by atoms with Gasteiger partial charge in [-0.25, -0.2) is 9.97 Å². The summed E-state index contributed by atoms with van der Waals surface area (Å²) < 4.78 is 1.67. The largest absolute Gasteiger partial charge is 0.231 e. The topological polar surface area (TPSA) is 25.8 Å². The summed E-state index contributed by atoms with van der Waals surface area (Å²) in [6.45, 7) is 2.12. The Morgan fingerprint density at radius 2 is 2.06 bits per heavy atom. The molecule has 6 heteroatoms. The van der Waals surface area contributed by atoms with E-state index in [0.29, 0.717) is 11.0 Å². The third-order valence-corrected chi connectivity index (χ3v) is 5.11. The van der Waals surface area contributed by atoms with E-state index < -0.39 is 0 Å². The van der Waals surface area contributed by atoms with Gasteiger partial charge >= 0.3 is 0 Å². The molecule has 0 aliphatic heterocycles. The summed E-state index contributed by atoms with van der Waals surface area (Å²) in [5.41, 5.74) is 1.01. The maximum Gasteiger partial charge on any atom is 0.171 e. The Kier molecular flexibility index (Phi) is 4.63. The molecule has 0 unspecified atom stereocenters. The molecule has 0 N–H and O–H groups in total. The lowest BCUT2D eigenvalue weighted by molar-refractivity contribution is 0.868. The van der Waals surface area contributed by atoms with Crippen LogP contribution < -0.4 is 0 Å². The van der Waals surface area contributed by atoms with E-state index in [4.69, 9.17) is 23.2 Å². The molecule has 2 nitrogen and oxygen atoms in total. The van der Waals surface area contributed by atoms with Crippen molar-refractivity contribution in [2.45, 2.75) is 19.8 Å². The van der Waals surface area contributed by atoms with Crippen LogP contribution in [0.3, 0.4) is 0 Å². The summed E-state index contributed by atoms with van der Waals surface area (Å²) in [7, 11) is 0. The highest BCUT2D eigenvalue weighted by Crippen LogP contribution is 2.31. The number of hydrogen-bond donors (Lipinski definition) is 0. The van der Waals surface area contributed by atoms with Crippen molar-refractivity contribution in [1.82, 2.24) is 9.97 Å². The number of hydrogen-bond acceptors (Lipinski definition) is 3. The minimum absolute atomic E-state index is 0.517. The molecule has 2 rings (SSSR count). The average molecular weight is 399 g/mol. The molecule has 2 aromatic rings. The number of rotatable bonds is 3. The second-order valence-corrected chi connectivity index (χ2v) is 6.60. The van der Waals surface area contributed by atoms with E-state index in [-0.39, 0.29) is 0 Å². The molecular formula is C11H9Cl2IN2S. The Balaban J connectivity index is 2.48. The Labute approximate surface area is 128 Å². The van der Waals surface area contributed by atoms with E-state index in [1.54, 1.807) is 0 Å². The minimum atomic E-state index is 0.517. The zero-order valence-electron chi connectivity index (χ0n) is 9.01. The van der Waals surface area contributed by atoms with E-state index >= 15 is 0 Å². The van der Waals surface area contributed by atoms with Crippen molar-refractivity contribution in [2.75, 3.05) is 0 Å². The van der Waals surface area contributed by atoms with Crippen LogP contribution >= 0.6 is 57.1 Å². The fourth-order valence-corrected chi connectivity index (χ4v) is 3.09. The van der Waals surface area contributed by atoms with Gasteiger partial charge < -0.3 is 0 Å². The smallest absolute Gasteiger partial charge is 0.171 e. The molecule has 0 aliphatic rings. The van der Waals surface area contributed by atoms with E-state index in [1.807, 2.05) is 12.1 Å². The third-order valence-electron chi connectivity index (χ3n) is 2.16.